The maximum absolute atomic E-state index is 5.75. The van der Waals surface area contributed by atoms with Gasteiger partial charge in [0.2, 0.25) is 23.8 Å². The first-order valence-electron chi connectivity index (χ1n) is 7.59. The van der Waals surface area contributed by atoms with E-state index in [2.05, 4.69) is 30.5 Å². The summed E-state index contributed by atoms with van der Waals surface area (Å²) in [6.45, 7) is 0.213. The average molecular weight is 373 g/mol. The number of thioether (sulfide) groups is 1. The Morgan fingerprint density at radius 1 is 1.19 bits per heavy atom. The molecule has 2 aromatic heterocycles. The number of anilines is 2. The molecule has 0 unspecified atom stereocenters. The molecule has 4 rings (SSSR count). The maximum atomic E-state index is 5.75. The van der Waals surface area contributed by atoms with Crippen molar-refractivity contribution in [2.45, 2.75) is 10.9 Å². The SMILES string of the molecule is CN(C)c1nc(N)nc(CSc2nnnn2-c2ccc3c(c2)OCO3)n1. The number of tetrazole rings is 1. The highest BCUT2D eigenvalue weighted by atomic mass is 32.2. The third-order valence-electron chi connectivity index (χ3n) is 3.46. The molecular weight excluding hydrogens is 358 g/mol. The van der Waals surface area contributed by atoms with Gasteiger partial charge in [-0.15, -0.1) is 5.10 Å². The topological polar surface area (TPSA) is 130 Å². The number of hydrogen-bond acceptors (Lipinski definition) is 11. The van der Waals surface area contributed by atoms with Gasteiger partial charge in [0.05, 0.1) is 11.4 Å². The Morgan fingerprint density at radius 2 is 2.04 bits per heavy atom. The molecule has 26 heavy (non-hydrogen) atoms. The van der Waals surface area contributed by atoms with Crippen molar-refractivity contribution >= 4 is 23.7 Å². The summed E-state index contributed by atoms with van der Waals surface area (Å²) >= 11 is 1.39. The second-order valence-electron chi connectivity index (χ2n) is 5.50. The summed E-state index contributed by atoms with van der Waals surface area (Å²) < 4.78 is 12.3. The van der Waals surface area contributed by atoms with E-state index in [1.807, 2.05) is 32.3 Å². The second-order valence-corrected chi connectivity index (χ2v) is 6.45. The number of fused-ring (bicyclic) bond motifs is 1. The van der Waals surface area contributed by atoms with Crippen LogP contribution in [0.3, 0.4) is 0 Å². The molecule has 0 aliphatic carbocycles. The van der Waals surface area contributed by atoms with Gasteiger partial charge in [-0.05, 0) is 22.6 Å². The van der Waals surface area contributed by atoms with Crippen LogP contribution in [0, 0.1) is 0 Å². The number of benzene rings is 1. The zero-order valence-corrected chi connectivity index (χ0v) is 14.8. The minimum atomic E-state index is 0.176. The normalized spacial score (nSPS) is 12.4. The standard InChI is InChI=1S/C14H15N9O2S/c1-22(2)13-17-11(16-12(15)18-13)6-26-14-19-20-21-23(14)8-3-4-9-10(5-8)25-7-24-9/h3-5H,6-7H2,1-2H3,(H2,15,16,17,18). The summed E-state index contributed by atoms with van der Waals surface area (Å²) in [4.78, 5) is 14.4. The van der Waals surface area contributed by atoms with Gasteiger partial charge in [0.1, 0.15) is 5.82 Å². The highest BCUT2D eigenvalue weighted by Crippen LogP contribution is 2.34. The van der Waals surface area contributed by atoms with Crippen LogP contribution >= 0.6 is 11.8 Å². The molecular formula is C14H15N9O2S. The van der Waals surface area contributed by atoms with Gasteiger partial charge in [0.25, 0.3) is 0 Å². The van der Waals surface area contributed by atoms with Crippen LogP contribution in [0.25, 0.3) is 5.69 Å². The van der Waals surface area contributed by atoms with Crippen molar-refractivity contribution < 1.29 is 9.47 Å². The molecule has 2 N–H and O–H groups in total. The quantitative estimate of drug-likeness (QED) is 0.628. The van der Waals surface area contributed by atoms with Gasteiger partial charge in [-0.3, -0.25) is 0 Å². The number of ether oxygens (including phenoxy) is 2. The molecule has 12 heteroatoms. The Morgan fingerprint density at radius 3 is 2.88 bits per heavy atom. The summed E-state index contributed by atoms with van der Waals surface area (Å²) in [6, 6.07) is 5.51. The number of aromatic nitrogens is 7. The third kappa shape index (κ3) is 3.18. The summed E-state index contributed by atoms with van der Waals surface area (Å²) in [5.74, 6) is 3.03. The number of nitrogens with zero attached hydrogens (tertiary/aromatic N) is 8. The molecule has 0 fully saturated rings. The van der Waals surface area contributed by atoms with Crippen LogP contribution in [0.15, 0.2) is 23.4 Å². The van der Waals surface area contributed by atoms with Crippen molar-refractivity contribution in [2.75, 3.05) is 31.5 Å². The largest absolute Gasteiger partial charge is 0.454 e. The highest BCUT2D eigenvalue weighted by molar-refractivity contribution is 7.98. The van der Waals surface area contributed by atoms with Crippen molar-refractivity contribution in [2.24, 2.45) is 0 Å². The Kier molecular flexibility index (Phi) is 4.16. The van der Waals surface area contributed by atoms with Gasteiger partial charge in [0.15, 0.2) is 11.5 Å². The Hall–Kier alpha value is -3.15. The first-order chi connectivity index (χ1) is 12.6. The van der Waals surface area contributed by atoms with Gasteiger partial charge >= 0.3 is 0 Å². The van der Waals surface area contributed by atoms with Crippen LogP contribution in [0.2, 0.25) is 0 Å². The minimum Gasteiger partial charge on any atom is -0.454 e. The molecule has 0 atom stereocenters. The van der Waals surface area contributed by atoms with E-state index >= 15 is 0 Å². The first kappa shape index (κ1) is 16.3. The predicted octanol–water partition coefficient (Wildman–Crippen LogP) is 0.516. The molecule has 3 aromatic rings. The molecule has 11 nitrogen and oxygen atoms in total. The molecule has 0 bridgehead atoms. The van der Waals surface area contributed by atoms with Gasteiger partial charge in [-0.2, -0.15) is 19.6 Å². The van der Waals surface area contributed by atoms with Crippen molar-refractivity contribution in [1.82, 2.24) is 35.2 Å². The van der Waals surface area contributed by atoms with Crippen LogP contribution in [0.4, 0.5) is 11.9 Å². The third-order valence-corrected chi connectivity index (χ3v) is 4.37. The van der Waals surface area contributed by atoms with E-state index in [9.17, 15) is 0 Å². The van der Waals surface area contributed by atoms with Crippen LogP contribution in [-0.4, -0.2) is 56.0 Å². The van der Waals surface area contributed by atoms with Crippen LogP contribution in [0.1, 0.15) is 5.82 Å². The monoisotopic (exact) mass is 373 g/mol. The van der Waals surface area contributed by atoms with Crippen molar-refractivity contribution in [3.05, 3.63) is 24.0 Å². The first-order valence-corrected chi connectivity index (χ1v) is 8.57. The zero-order chi connectivity index (χ0) is 18.1. The smallest absolute Gasteiger partial charge is 0.231 e. The Labute approximate surface area is 152 Å². The van der Waals surface area contributed by atoms with E-state index in [1.165, 1.54) is 11.8 Å². The van der Waals surface area contributed by atoms with E-state index in [-0.39, 0.29) is 12.7 Å². The Balaban J connectivity index is 1.55. The van der Waals surface area contributed by atoms with E-state index in [1.54, 1.807) is 9.58 Å². The van der Waals surface area contributed by atoms with E-state index in [4.69, 9.17) is 15.2 Å². The van der Waals surface area contributed by atoms with E-state index in [0.717, 1.165) is 5.69 Å². The zero-order valence-electron chi connectivity index (χ0n) is 14.0. The van der Waals surface area contributed by atoms with Crippen molar-refractivity contribution in [3.8, 4) is 17.2 Å². The molecule has 134 valence electrons. The fraction of sp³-hybridized carbons (Fsp3) is 0.286. The maximum Gasteiger partial charge on any atom is 0.231 e. The fourth-order valence-corrected chi connectivity index (χ4v) is 3.01. The molecule has 1 aliphatic heterocycles. The van der Waals surface area contributed by atoms with Crippen LogP contribution in [0.5, 0.6) is 11.5 Å². The summed E-state index contributed by atoms with van der Waals surface area (Å²) in [5.41, 5.74) is 6.52. The predicted molar refractivity (Wildman–Crippen MR) is 93.4 cm³/mol. The van der Waals surface area contributed by atoms with Gasteiger partial charge in [0, 0.05) is 20.2 Å². The lowest BCUT2D eigenvalue weighted by Gasteiger charge is -2.11. The lowest BCUT2D eigenvalue weighted by Crippen LogP contribution is -2.16. The number of nitrogen functional groups attached to an aromatic ring is 1. The molecule has 1 aliphatic rings. The molecule has 0 saturated carbocycles. The summed E-state index contributed by atoms with van der Waals surface area (Å²) in [7, 11) is 3.68. The van der Waals surface area contributed by atoms with Crippen LogP contribution in [-0.2, 0) is 5.75 Å². The lowest BCUT2D eigenvalue weighted by molar-refractivity contribution is 0.174. The van der Waals surface area contributed by atoms with Crippen molar-refractivity contribution in [1.29, 1.82) is 0 Å². The molecule has 0 spiro atoms. The number of rotatable bonds is 5. The van der Waals surface area contributed by atoms with E-state index < -0.39 is 0 Å². The van der Waals surface area contributed by atoms with Gasteiger partial charge in [-0.25, -0.2) is 0 Å². The second kappa shape index (κ2) is 6.63. The summed E-state index contributed by atoms with van der Waals surface area (Å²) in [6.07, 6.45) is 0. The average Bonchev–Trinajstić information content (AvgIpc) is 3.27. The minimum absolute atomic E-state index is 0.176. The molecule has 0 radical (unpaired) electrons. The molecule has 0 amide bonds. The molecule has 0 saturated heterocycles. The van der Waals surface area contributed by atoms with Gasteiger partial charge < -0.3 is 20.1 Å². The van der Waals surface area contributed by atoms with Crippen molar-refractivity contribution in [3.63, 3.8) is 0 Å². The Bertz CT molecular complexity index is 946. The molecule has 1 aromatic carbocycles. The van der Waals surface area contributed by atoms with E-state index in [0.29, 0.717) is 34.2 Å². The summed E-state index contributed by atoms with van der Waals surface area (Å²) in [5, 5.41) is 12.4. The lowest BCUT2D eigenvalue weighted by atomic mass is 10.3. The van der Waals surface area contributed by atoms with Crippen LogP contribution < -0.4 is 20.1 Å². The van der Waals surface area contributed by atoms with Gasteiger partial charge in [-0.1, -0.05) is 11.8 Å². The highest BCUT2D eigenvalue weighted by Gasteiger charge is 2.17. The number of nitrogens with two attached hydrogens (primary N) is 1. The molecule has 3 heterocycles. The number of hydrogen-bond donors (Lipinski definition) is 1. The fourth-order valence-electron chi connectivity index (χ4n) is 2.27.